The fourth-order valence-electron chi connectivity index (χ4n) is 4.06. The zero-order valence-electron chi connectivity index (χ0n) is 18.2. The molecule has 0 heterocycles. The zero-order chi connectivity index (χ0) is 23.4. The molecule has 0 aromatic heterocycles. The third-order valence-corrected chi connectivity index (χ3v) is 5.89. The Labute approximate surface area is 186 Å². The fourth-order valence-corrected chi connectivity index (χ4v) is 4.06. The molecule has 1 atom stereocenters. The minimum Gasteiger partial charge on any atom is -0.483 e. The molecule has 0 saturated heterocycles. The lowest BCUT2D eigenvalue weighted by Gasteiger charge is -2.33. The minimum atomic E-state index is -4.15. The number of esters is 1. The molecule has 2 aromatic rings. The minimum absolute atomic E-state index is 0.0527. The molecule has 172 valence electrons. The van der Waals surface area contributed by atoms with E-state index in [9.17, 15) is 18.4 Å². The molecule has 7 heteroatoms. The first-order chi connectivity index (χ1) is 15.1. The van der Waals surface area contributed by atoms with Crippen LogP contribution in [0.1, 0.15) is 61.9 Å². The van der Waals surface area contributed by atoms with E-state index in [1.54, 1.807) is 12.1 Å². The first-order valence-corrected chi connectivity index (χ1v) is 10.8. The summed E-state index contributed by atoms with van der Waals surface area (Å²) in [6.07, 6.45) is 1.12. The highest BCUT2D eigenvalue weighted by atomic mass is 19.3. The van der Waals surface area contributed by atoms with Crippen LogP contribution < -0.4 is 4.74 Å². The van der Waals surface area contributed by atoms with Crippen molar-refractivity contribution in [3.8, 4) is 5.75 Å². The lowest BCUT2D eigenvalue weighted by atomic mass is 9.83. The maximum absolute atomic E-state index is 14.4. The van der Waals surface area contributed by atoms with Crippen LogP contribution in [0.4, 0.5) is 8.78 Å². The lowest BCUT2D eigenvalue weighted by molar-refractivity contribution is -0.189. The number of benzene rings is 2. The van der Waals surface area contributed by atoms with Crippen molar-refractivity contribution in [2.24, 2.45) is 5.92 Å². The molecule has 3 rings (SSSR count). The first kappa shape index (κ1) is 23.7. The summed E-state index contributed by atoms with van der Waals surface area (Å²) in [7, 11) is 0. The molecule has 0 spiro atoms. The molecule has 5 nitrogen and oxygen atoms in total. The third-order valence-electron chi connectivity index (χ3n) is 5.89. The van der Waals surface area contributed by atoms with Crippen LogP contribution in [0.5, 0.6) is 5.75 Å². The Balaban J connectivity index is 1.73. The Morgan fingerprint density at radius 1 is 0.969 bits per heavy atom. The Hall–Kier alpha value is -2.96. The Kier molecular flexibility index (Phi) is 7.16. The largest absolute Gasteiger partial charge is 0.483 e. The summed E-state index contributed by atoms with van der Waals surface area (Å²) in [5.41, 5.74) is 0.394. The van der Waals surface area contributed by atoms with Crippen LogP contribution in [-0.2, 0) is 15.1 Å². The van der Waals surface area contributed by atoms with E-state index in [1.165, 1.54) is 12.1 Å². The summed E-state index contributed by atoms with van der Waals surface area (Å²) in [5.74, 6) is -7.60. The van der Waals surface area contributed by atoms with Gasteiger partial charge in [-0.2, -0.15) is 8.78 Å². The number of hydrogen-bond acceptors (Lipinski definition) is 4. The molecular formula is C25H28F2O5. The van der Waals surface area contributed by atoms with Crippen molar-refractivity contribution >= 4 is 11.9 Å². The molecule has 1 fully saturated rings. The highest BCUT2D eigenvalue weighted by Crippen LogP contribution is 2.37. The highest BCUT2D eigenvalue weighted by molar-refractivity contribution is 5.90. The van der Waals surface area contributed by atoms with Gasteiger partial charge in [-0.15, -0.1) is 0 Å². The topological polar surface area (TPSA) is 72.8 Å². The average Bonchev–Trinajstić information content (AvgIpc) is 2.78. The van der Waals surface area contributed by atoms with Gasteiger partial charge in [-0.1, -0.05) is 49.6 Å². The van der Waals surface area contributed by atoms with E-state index in [0.717, 1.165) is 12.0 Å². The van der Waals surface area contributed by atoms with Crippen LogP contribution in [0, 0.1) is 5.92 Å². The smallest absolute Gasteiger partial charge is 0.378 e. The predicted octanol–water partition coefficient (Wildman–Crippen LogP) is 5.83. The van der Waals surface area contributed by atoms with Crippen molar-refractivity contribution in [1.29, 1.82) is 0 Å². The molecule has 1 aliphatic carbocycles. The van der Waals surface area contributed by atoms with Gasteiger partial charge in [-0.3, -0.25) is 0 Å². The van der Waals surface area contributed by atoms with E-state index in [4.69, 9.17) is 14.6 Å². The molecule has 2 aromatic carbocycles. The normalized spacial score (nSPS) is 16.2. The standard InChI is InChI=1S/C25H28F2O5/c1-24(2,19-11-7-4-8-12-19)32-20-15-13-18(14-16-20)22(28)31-21(25(26,27)23(29)30)17-9-5-3-6-10-17/h4,7-8,11-17,21H,3,5-6,9-10H2,1-2H3,(H,29,30). The van der Waals surface area contributed by atoms with Gasteiger partial charge >= 0.3 is 17.9 Å². The van der Waals surface area contributed by atoms with Crippen molar-refractivity contribution in [1.82, 2.24) is 0 Å². The number of rotatable bonds is 8. The van der Waals surface area contributed by atoms with Crippen molar-refractivity contribution < 1.29 is 33.0 Å². The monoisotopic (exact) mass is 446 g/mol. The summed E-state index contributed by atoms with van der Waals surface area (Å²) in [4.78, 5) is 23.8. The van der Waals surface area contributed by atoms with Gasteiger partial charge in [0.2, 0.25) is 0 Å². The SMILES string of the molecule is CC(C)(Oc1ccc(C(=O)OC(C2CCCCC2)C(F)(F)C(=O)O)cc1)c1ccccc1. The van der Waals surface area contributed by atoms with Crippen molar-refractivity contribution in [2.45, 2.75) is 63.6 Å². The summed E-state index contributed by atoms with van der Waals surface area (Å²) < 4.78 is 39.9. The van der Waals surface area contributed by atoms with Gasteiger partial charge < -0.3 is 14.6 Å². The van der Waals surface area contributed by atoms with Gasteiger partial charge in [-0.25, -0.2) is 9.59 Å². The highest BCUT2D eigenvalue weighted by Gasteiger charge is 2.53. The average molecular weight is 446 g/mol. The summed E-state index contributed by atoms with van der Waals surface area (Å²) in [6.45, 7) is 3.82. The Morgan fingerprint density at radius 2 is 1.56 bits per heavy atom. The molecule has 1 aliphatic rings. The van der Waals surface area contributed by atoms with Crippen LogP contribution in [0.15, 0.2) is 54.6 Å². The molecule has 1 N–H and O–H groups in total. The number of hydrogen-bond donors (Lipinski definition) is 1. The van der Waals surface area contributed by atoms with Crippen molar-refractivity contribution in [3.05, 3.63) is 65.7 Å². The third kappa shape index (κ3) is 5.44. The zero-order valence-corrected chi connectivity index (χ0v) is 18.2. The Morgan fingerprint density at radius 3 is 2.12 bits per heavy atom. The van der Waals surface area contributed by atoms with Gasteiger partial charge in [0.25, 0.3) is 0 Å². The van der Waals surface area contributed by atoms with Crippen molar-refractivity contribution in [3.63, 3.8) is 0 Å². The van der Waals surface area contributed by atoms with Crippen LogP contribution in [0.2, 0.25) is 0 Å². The van der Waals surface area contributed by atoms with E-state index < -0.39 is 35.5 Å². The second kappa shape index (κ2) is 9.67. The predicted molar refractivity (Wildman–Crippen MR) is 115 cm³/mol. The number of carbonyl (C=O) groups excluding carboxylic acids is 1. The second-order valence-electron chi connectivity index (χ2n) is 8.65. The maximum atomic E-state index is 14.4. The van der Waals surface area contributed by atoms with Gasteiger partial charge in [0.15, 0.2) is 6.10 Å². The number of carbonyl (C=O) groups is 2. The van der Waals surface area contributed by atoms with Crippen LogP contribution in [0.25, 0.3) is 0 Å². The number of alkyl halides is 2. The van der Waals surface area contributed by atoms with Gasteiger partial charge in [-0.05, 0) is 56.5 Å². The summed E-state index contributed by atoms with van der Waals surface area (Å²) >= 11 is 0. The fraction of sp³-hybridized carbons (Fsp3) is 0.440. The number of ether oxygens (including phenoxy) is 2. The van der Waals surface area contributed by atoms with E-state index in [0.29, 0.717) is 31.4 Å². The Bertz CT molecular complexity index is 919. The lowest BCUT2D eigenvalue weighted by Crippen LogP contribution is -2.48. The number of carboxylic acid groups (broad SMARTS) is 1. The number of aliphatic carboxylic acids is 1. The molecule has 32 heavy (non-hydrogen) atoms. The molecule has 0 radical (unpaired) electrons. The van der Waals surface area contributed by atoms with Gasteiger partial charge in [0.1, 0.15) is 11.4 Å². The van der Waals surface area contributed by atoms with E-state index in [1.807, 2.05) is 44.2 Å². The molecule has 0 bridgehead atoms. The molecule has 0 amide bonds. The van der Waals surface area contributed by atoms with Gasteiger partial charge in [0.05, 0.1) is 5.56 Å². The quantitative estimate of drug-likeness (QED) is 0.517. The van der Waals surface area contributed by atoms with Crippen LogP contribution >= 0.6 is 0 Å². The summed E-state index contributed by atoms with van der Waals surface area (Å²) in [5, 5.41) is 9.01. The number of carboxylic acids is 1. The van der Waals surface area contributed by atoms with Crippen LogP contribution in [-0.4, -0.2) is 29.1 Å². The van der Waals surface area contributed by atoms with Gasteiger partial charge in [0, 0.05) is 5.92 Å². The second-order valence-corrected chi connectivity index (χ2v) is 8.65. The van der Waals surface area contributed by atoms with E-state index in [2.05, 4.69) is 0 Å². The molecule has 1 unspecified atom stereocenters. The molecule has 0 aliphatic heterocycles. The van der Waals surface area contributed by atoms with Crippen molar-refractivity contribution in [2.75, 3.05) is 0 Å². The van der Waals surface area contributed by atoms with Crippen LogP contribution in [0.3, 0.4) is 0 Å². The molecule has 1 saturated carbocycles. The maximum Gasteiger partial charge on any atom is 0.378 e. The van der Waals surface area contributed by atoms with E-state index >= 15 is 0 Å². The molecular weight excluding hydrogens is 418 g/mol. The summed E-state index contributed by atoms with van der Waals surface area (Å²) in [6, 6.07) is 15.6. The first-order valence-electron chi connectivity index (χ1n) is 10.8. The van der Waals surface area contributed by atoms with E-state index in [-0.39, 0.29) is 5.56 Å². The number of halogens is 2.